The monoisotopic (exact) mass is 182 g/mol. The molecule has 2 nitrogen and oxygen atoms in total. The maximum Gasteiger partial charge on any atom is 0.165 e. The minimum absolute atomic E-state index is 0.548. The molecule has 0 aromatic carbocycles. The Hall–Kier alpha value is 0.700. The summed E-state index contributed by atoms with van der Waals surface area (Å²) in [5.74, 6) is 2.69. The molecule has 0 saturated carbocycles. The Morgan fingerprint density at radius 3 is 2.40 bits per heavy atom. The van der Waals surface area contributed by atoms with Gasteiger partial charge < -0.3 is 9.79 Å². The van der Waals surface area contributed by atoms with Gasteiger partial charge in [0, 0.05) is 11.9 Å². The zero-order valence-corrected chi connectivity index (χ0v) is 8.16. The van der Waals surface area contributed by atoms with Crippen molar-refractivity contribution in [3.63, 3.8) is 0 Å². The summed E-state index contributed by atoms with van der Waals surface area (Å²) in [6, 6.07) is 0. The largest absolute Gasteiger partial charge is 0.350 e. The zero-order valence-electron chi connectivity index (χ0n) is 6.45. The van der Waals surface area contributed by atoms with Gasteiger partial charge in [0.05, 0.1) is 0 Å². The summed E-state index contributed by atoms with van der Waals surface area (Å²) in [5, 5.41) is 0. The van der Waals surface area contributed by atoms with Crippen LogP contribution in [0.15, 0.2) is 0 Å². The third-order valence-corrected chi connectivity index (χ3v) is 3.21. The Morgan fingerprint density at radius 1 is 1.40 bits per heavy atom. The fourth-order valence-corrected chi connectivity index (χ4v) is 2.27. The molecular weight excluding hydrogens is 167 g/mol. The van der Waals surface area contributed by atoms with Crippen molar-refractivity contribution in [3.05, 3.63) is 0 Å². The minimum atomic E-state index is -1.65. The van der Waals surface area contributed by atoms with Crippen LogP contribution in [0.1, 0.15) is 13.8 Å². The molecule has 0 rings (SSSR count). The third kappa shape index (κ3) is 8.70. The second-order valence-corrected chi connectivity index (χ2v) is 4.91. The average molecular weight is 182 g/mol. The quantitative estimate of drug-likeness (QED) is 0.502. The molecule has 0 aliphatic carbocycles. The van der Waals surface area contributed by atoms with E-state index in [1.165, 1.54) is 0 Å². The van der Waals surface area contributed by atoms with Gasteiger partial charge in [0.25, 0.3) is 0 Å². The molecule has 10 heavy (non-hydrogen) atoms. The van der Waals surface area contributed by atoms with E-state index in [4.69, 9.17) is 9.79 Å². The fraction of sp³-hybridized carbons (Fsp3) is 1.00. The second-order valence-electron chi connectivity index (χ2n) is 2.56. The predicted octanol–water partition coefficient (Wildman–Crippen LogP) is 1.67. The highest BCUT2D eigenvalue weighted by atomic mass is 32.2. The number of rotatable bonds is 5. The van der Waals surface area contributed by atoms with Crippen LogP contribution in [0.2, 0.25) is 0 Å². The molecule has 0 unspecified atom stereocenters. The van der Waals surface area contributed by atoms with E-state index in [-0.39, 0.29) is 0 Å². The fourth-order valence-electron chi connectivity index (χ4n) is 0.465. The second kappa shape index (κ2) is 6.41. The summed E-state index contributed by atoms with van der Waals surface area (Å²) in [6.45, 7) is 4.32. The molecule has 0 heterocycles. The van der Waals surface area contributed by atoms with Crippen molar-refractivity contribution in [3.8, 4) is 0 Å². The van der Waals surface area contributed by atoms with Crippen molar-refractivity contribution in [2.24, 2.45) is 5.92 Å². The van der Waals surface area contributed by atoms with E-state index < -0.39 is 8.38 Å². The summed E-state index contributed by atoms with van der Waals surface area (Å²) < 4.78 is 0. The molecule has 2 N–H and O–H groups in total. The van der Waals surface area contributed by atoms with Crippen LogP contribution in [0, 0.1) is 5.92 Å². The molecule has 0 aliphatic rings. The molecule has 62 valence electrons. The van der Waals surface area contributed by atoms with E-state index in [0.29, 0.717) is 12.1 Å². The predicted molar refractivity (Wildman–Crippen MR) is 48.4 cm³/mol. The molecule has 0 saturated heterocycles. The summed E-state index contributed by atoms with van der Waals surface area (Å²) in [7, 11) is -1.65. The van der Waals surface area contributed by atoms with Crippen molar-refractivity contribution in [2.45, 2.75) is 13.8 Å². The van der Waals surface area contributed by atoms with Crippen LogP contribution in [0.5, 0.6) is 0 Å². The molecule has 0 aromatic rings. The summed E-state index contributed by atoms with van der Waals surface area (Å²) in [6.07, 6.45) is 0.548. The molecule has 0 amide bonds. The third-order valence-electron chi connectivity index (χ3n) is 0.887. The lowest BCUT2D eigenvalue weighted by atomic mass is 10.3. The zero-order chi connectivity index (χ0) is 7.98. The maximum atomic E-state index is 8.52. The van der Waals surface area contributed by atoms with E-state index in [0.717, 1.165) is 11.5 Å². The molecule has 0 radical (unpaired) electrons. The van der Waals surface area contributed by atoms with Crippen LogP contribution in [-0.4, -0.2) is 27.5 Å². The van der Waals surface area contributed by atoms with Gasteiger partial charge in [-0.2, -0.15) is 11.8 Å². The van der Waals surface area contributed by atoms with Crippen molar-refractivity contribution < 1.29 is 9.79 Å². The summed E-state index contributed by atoms with van der Waals surface area (Å²) in [5.41, 5.74) is 0. The van der Waals surface area contributed by atoms with Gasteiger partial charge in [-0.05, 0) is 11.7 Å². The molecular formula is C6H15O2PS. The van der Waals surface area contributed by atoms with Gasteiger partial charge in [-0.15, -0.1) is 0 Å². The van der Waals surface area contributed by atoms with Crippen LogP contribution in [0.4, 0.5) is 0 Å². The Kier molecular flexibility index (Phi) is 6.86. The standard InChI is InChI=1S/C6H15O2PS/c1-6(2)5-10-4-3-9(7)8/h6-8H,3-5H2,1-2H3. The first-order chi connectivity index (χ1) is 4.63. The van der Waals surface area contributed by atoms with E-state index in [9.17, 15) is 0 Å². The van der Waals surface area contributed by atoms with Gasteiger partial charge in [0.2, 0.25) is 0 Å². The topological polar surface area (TPSA) is 40.5 Å². The first-order valence-electron chi connectivity index (χ1n) is 3.36. The lowest BCUT2D eigenvalue weighted by molar-refractivity contribution is 0.485. The summed E-state index contributed by atoms with van der Waals surface area (Å²) in [4.78, 5) is 17.0. The van der Waals surface area contributed by atoms with E-state index in [1.54, 1.807) is 11.8 Å². The van der Waals surface area contributed by atoms with Gasteiger partial charge in [0.15, 0.2) is 8.38 Å². The number of hydrogen-bond donors (Lipinski definition) is 2. The van der Waals surface area contributed by atoms with Crippen LogP contribution < -0.4 is 0 Å². The van der Waals surface area contributed by atoms with Crippen molar-refractivity contribution in [2.75, 3.05) is 17.7 Å². The first kappa shape index (κ1) is 10.7. The molecule has 0 aromatic heterocycles. The van der Waals surface area contributed by atoms with Gasteiger partial charge in [0.1, 0.15) is 0 Å². The van der Waals surface area contributed by atoms with E-state index in [2.05, 4.69) is 13.8 Å². The van der Waals surface area contributed by atoms with Gasteiger partial charge >= 0.3 is 0 Å². The lowest BCUT2D eigenvalue weighted by Gasteiger charge is -2.04. The maximum absolute atomic E-state index is 8.52. The average Bonchev–Trinajstić information content (AvgIpc) is 1.79. The van der Waals surface area contributed by atoms with Crippen molar-refractivity contribution in [1.29, 1.82) is 0 Å². The highest BCUT2D eigenvalue weighted by Crippen LogP contribution is 2.24. The van der Waals surface area contributed by atoms with Crippen LogP contribution in [0.25, 0.3) is 0 Å². The first-order valence-corrected chi connectivity index (χ1v) is 5.94. The molecule has 0 fully saturated rings. The van der Waals surface area contributed by atoms with Gasteiger partial charge in [-0.25, -0.2) is 0 Å². The minimum Gasteiger partial charge on any atom is -0.350 e. The Labute approximate surface area is 67.9 Å². The molecule has 0 aliphatic heterocycles. The van der Waals surface area contributed by atoms with Crippen LogP contribution in [0.3, 0.4) is 0 Å². The van der Waals surface area contributed by atoms with Gasteiger partial charge in [-0.3, -0.25) is 0 Å². The molecule has 4 heteroatoms. The van der Waals surface area contributed by atoms with Crippen LogP contribution >= 0.6 is 20.1 Å². The Balaban J connectivity index is 2.91. The normalized spacial score (nSPS) is 11.4. The molecule has 0 atom stereocenters. The molecule has 0 spiro atoms. The highest BCUT2D eigenvalue weighted by Gasteiger charge is 1.98. The number of thioether (sulfide) groups is 1. The van der Waals surface area contributed by atoms with Crippen molar-refractivity contribution >= 4 is 20.1 Å². The van der Waals surface area contributed by atoms with Crippen molar-refractivity contribution in [1.82, 2.24) is 0 Å². The molecule has 0 bridgehead atoms. The lowest BCUT2D eigenvalue weighted by Crippen LogP contribution is -1.94. The van der Waals surface area contributed by atoms with Crippen LogP contribution in [-0.2, 0) is 0 Å². The van der Waals surface area contributed by atoms with E-state index >= 15 is 0 Å². The van der Waals surface area contributed by atoms with E-state index in [1.807, 2.05) is 0 Å². The highest BCUT2D eigenvalue weighted by molar-refractivity contribution is 7.99. The number of hydrogen-bond acceptors (Lipinski definition) is 3. The smallest absolute Gasteiger partial charge is 0.165 e. The Bertz CT molecular complexity index is 68.1. The Morgan fingerprint density at radius 2 is 2.00 bits per heavy atom. The SMILES string of the molecule is CC(C)CSCCP(O)O. The summed E-state index contributed by atoms with van der Waals surface area (Å²) >= 11 is 1.79. The van der Waals surface area contributed by atoms with Gasteiger partial charge in [-0.1, -0.05) is 13.8 Å².